The molecule has 2 aromatic heterocycles. The van der Waals surface area contributed by atoms with Gasteiger partial charge in [-0.05, 0) is 33.1 Å². The summed E-state index contributed by atoms with van der Waals surface area (Å²) >= 11 is 0. The quantitative estimate of drug-likeness (QED) is 0.852. The number of carbonyl (C=O) groups is 1. The van der Waals surface area contributed by atoms with Crippen molar-refractivity contribution in [1.29, 1.82) is 0 Å². The fourth-order valence-corrected chi connectivity index (χ4v) is 4.19. The molecule has 4 heterocycles. The van der Waals surface area contributed by atoms with Crippen molar-refractivity contribution in [3.8, 4) is 0 Å². The van der Waals surface area contributed by atoms with Crippen LogP contribution in [0, 0.1) is 5.41 Å². The van der Waals surface area contributed by atoms with Gasteiger partial charge in [0, 0.05) is 32.1 Å². The monoisotopic (exact) mass is 343 g/mol. The number of hydrogen-bond acceptors (Lipinski definition) is 6. The van der Waals surface area contributed by atoms with Crippen molar-refractivity contribution in [2.45, 2.75) is 52.5 Å². The summed E-state index contributed by atoms with van der Waals surface area (Å²) in [6, 6.07) is 0.257. The zero-order chi connectivity index (χ0) is 17.6. The third-order valence-corrected chi connectivity index (χ3v) is 5.57. The lowest BCUT2D eigenvalue weighted by Crippen LogP contribution is -2.52. The van der Waals surface area contributed by atoms with Gasteiger partial charge >= 0.3 is 0 Å². The molecular formula is C18H25N5O2. The van der Waals surface area contributed by atoms with E-state index in [1.54, 1.807) is 0 Å². The molecule has 134 valence electrons. The van der Waals surface area contributed by atoms with E-state index in [4.69, 9.17) is 4.42 Å². The van der Waals surface area contributed by atoms with Gasteiger partial charge in [0.2, 0.25) is 5.91 Å². The van der Waals surface area contributed by atoms with Crippen molar-refractivity contribution >= 4 is 23.0 Å². The molecule has 0 N–H and O–H groups in total. The first-order chi connectivity index (χ1) is 12.0. The number of rotatable bonds is 3. The Bertz CT molecular complexity index is 802. The lowest BCUT2D eigenvalue weighted by atomic mass is 9.78. The number of fused-ring (bicyclic) bond motifs is 1. The highest BCUT2D eigenvalue weighted by atomic mass is 16.4. The number of aryl methyl sites for hydroxylation is 1. The van der Waals surface area contributed by atoms with Crippen molar-refractivity contribution in [3.05, 3.63) is 12.2 Å². The Labute approximate surface area is 147 Å². The number of oxazole rings is 1. The minimum atomic E-state index is -0.281. The van der Waals surface area contributed by atoms with Crippen molar-refractivity contribution < 1.29 is 9.21 Å². The summed E-state index contributed by atoms with van der Waals surface area (Å²) in [6.45, 7) is 8.59. The molecule has 1 atom stereocenters. The molecule has 2 saturated heterocycles. The number of nitrogens with zero attached hydrogens (tertiary/aromatic N) is 5. The van der Waals surface area contributed by atoms with Crippen LogP contribution in [0.25, 0.3) is 11.2 Å². The molecule has 0 aliphatic carbocycles. The molecule has 1 spiro atoms. The van der Waals surface area contributed by atoms with Crippen LogP contribution in [0.3, 0.4) is 0 Å². The maximum Gasteiger partial charge on any atom is 0.252 e. The van der Waals surface area contributed by atoms with Crippen molar-refractivity contribution in [2.24, 2.45) is 5.41 Å². The zero-order valence-electron chi connectivity index (χ0n) is 15.2. The van der Waals surface area contributed by atoms with Crippen LogP contribution in [0.15, 0.2) is 10.7 Å². The van der Waals surface area contributed by atoms with E-state index in [0.29, 0.717) is 29.6 Å². The van der Waals surface area contributed by atoms with Gasteiger partial charge < -0.3 is 14.2 Å². The number of likely N-dealkylation sites (tertiary alicyclic amines) is 1. The maximum absolute atomic E-state index is 13.1. The summed E-state index contributed by atoms with van der Waals surface area (Å²) < 4.78 is 5.66. The molecule has 25 heavy (non-hydrogen) atoms. The average molecular weight is 343 g/mol. The van der Waals surface area contributed by atoms with E-state index in [-0.39, 0.29) is 11.5 Å². The fourth-order valence-electron chi connectivity index (χ4n) is 4.19. The Morgan fingerprint density at radius 1 is 1.28 bits per heavy atom. The third-order valence-electron chi connectivity index (χ3n) is 5.57. The van der Waals surface area contributed by atoms with Crippen LogP contribution < -0.4 is 4.90 Å². The van der Waals surface area contributed by atoms with Crippen LogP contribution in [-0.4, -0.2) is 51.4 Å². The minimum Gasteiger partial charge on any atom is -0.422 e. The lowest BCUT2D eigenvalue weighted by Gasteiger charge is -2.41. The van der Waals surface area contributed by atoms with Crippen LogP contribution in [-0.2, 0) is 11.2 Å². The number of amides is 1. The highest BCUT2D eigenvalue weighted by molar-refractivity contribution is 5.87. The molecule has 2 fully saturated rings. The first-order valence-electron chi connectivity index (χ1n) is 9.20. The van der Waals surface area contributed by atoms with E-state index < -0.39 is 0 Å². The van der Waals surface area contributed by atoms with Crippen molar-refractivity contribution in [3.63, 3.8) is 0 Å². The van der Waals surface area contributed by atoms with Gasteiger partial charge in [0.05, 0.1) is 5.41 Å². The van der Waals surface area contributed by atoms with E-state index in [0.717, 1.165) is 44.6 Å². The van der Waals surface area contributed by atoms with E-state index in [2.05, 4.69) is 33.7 Å². The molecule has 0 radical (unpaired) electrons. The minimum absolute atomic E-state index is 0.257. The second kappa shape index (κ2) is 5.97. The molecule has 2 aliphatic heterocycles. The van der Waals surface area contributed by atoms with E-state index >= 15 is 0 Å². The second-order valence-electron chi connectivity index (χ2n) is 7.46. The first-order valence-corrected chi connectivity index (χ1v) is 9.20. The normalized spacial score (nSPS) is 24.2. The fraction of sp³-hybridized carbons (Fsp3) is 0.667. The topological polar surface area (TPSA) is 75.4 Å². The van der Waals surface area contributed by atoms with Crippen molar-refractivity contribution in [1.82, 2.24) is 19.9 Å². The number of piperidine rings is 1. The summed E-state index contributed by atoms with van der Waals surface area (Å²) in [7, 11) is 0. The van der Waals surface area contributed by atoms with Crippen LogP contribution >= 0.6 is 0 Å². The number of carbonyl (C=O) groups excluding carboxylic acids is 1. The number of hydrogen-bond donors (Lipinski definition) is 0. The summed E-state index contributed by atoms with van der Waals surface area (Å²) in [5, 5.41) is 0. The maximum atomic E-state index is 13.1. The number of aromatic nitrogens is 3. The van der Waals surface area contributed by atoms with Gasteiger partial charge in [-0.25, -0.2) is 9.97 Å². The molecule has 1 amide bonds. The second-order valence-corrected chi connectivity index (χ2v) is 7.46. The van der Waals surface area contributed by atoms with Crippen LogP contribution in [0.1, 0.15) is 45.9 Å². The summed E-state index contributed by atoms with van der Waals surface area (Å²) in [6.07, 6.45) is 5.15. The van der Waals surface area contributed by atoms with Crippen LogP contribution in [0.5, 0.6) is 0 Å². The van der Waals surface area contributed by atoms with E-state index in [1.165, 1.54) is 6.33 Å². The van der Waals surface area contributed by atoms with E-state index in [9.17, 15) is 4.79 Å². The van der Waals surface area contributed by atoms with Gasteiger partial charge in [0.15, 0.2) is 17.2 Å². The zero-order valence-corrected chi connectivity index (χ0v) is 15.2. The molecule has 2 aromatic rings. The predicted octanol–water partition coefficient (Wildman–Crippen LogP) is 2.41. The summed E-state index contributed by atoms with van der Waals surface area (Å²) in [5.74, 6) is 1.76. The van der Waals surface area contributed by atoms with Gasteiger partial charge in [-0.1, -0.05) is 6.92 Å². The largest absolute Gasteiger partial charge is 0.422 e. The Hall–Kier alpha value is -2.18. The molecule has 0 unspecified atom stereocenters. The lowest BCUT2D eigenvalue weighted by molar-refractivity contribution is -0.147. The van der Waals surface area contributed by atoms with Crippen LogP contribution in [0.2, 0.25) is 0 Å². The molecular weight excluding hydrogens is 318 g/mol. The average Bonchev–Trinajstić information content (AvgIpc) is 3.21. The molecule has 0 aromatic carbocycles. The molecule has 7 nitrogen and oxygen atoms in total. The highest BCUT2D eigenvalue weighted by Gasteiger charge is 2.49. The first kappa shape index (κ1) is 16.3. The third kappa shape index (κ3) is 2.56. The van der Waals surface area contributed by atoms with Gasteiger partial charge in [-0.15, -0.1) is 0 Å². The Morgan fingerprint density at radius 3 is 2.88 bits per heavy atom. The number of anilines is 1. The molecule has 2 aliphatic rings. The Kier molecular flexibility index (Phi) is 3.89. The molecule has 0 bridgehead atoms. The van der Waals surface area contributed by atoms with Gasteiger partial charge in [-0.3, -0.25) is 4.79 Å². The molecule has 0 saturated carbocycles. The Morgan fingerprint density at radius 2 is 2.12 bits per heavy atom. The summed E-state index contributed by atoms with van der Waals surface area (Å²) in [5.41, 5.74) is 0.957. The summed E-state index contributed by atoms with van der Waals surface area (Å²) in [4.78, 5) is 30.5. The molecule has 4 rings (SSSR count). The van der Waals surface area contributed by atoms with Gasteiger partial charge in [-0.2, -0.15) is 4.98 Å². The van der Waals surface area contributed by atoms with Crippen LogP contribution in [0.4, 0.5) is 5.82 Å². The standard InChI is InChI=1S/C18H25N5O2/c1-4-13-21-14-15(19-11-20-16(14)25-13)22-9-7-18(10-22)6-5-8-23(12(2)3)17(18)24/h11-12H,4-10H2,1-3H3/t18-/m1/s1. The molecule has 7 heteroatoms. The van der Waals surface area contributed by atoms with Crippen molar-refractivity contribution in [2.75, 3.05) is 24.5 Å². The van der Waals surface area contributed by atoms with E-state index in [1.807, 2.05) is 11.8 Å². The Balaban J connectivity index is 1.64. The van der Waals surface area contributed by atoms with Gasteiger partial charge in [0.25, 0.3) is 5.71 Å². The predicted molar refractivity (Wildman–Crippen MR) is 94.3 cm³/mol. The van der Waals surface area contributed by atoms with Gasteiger partial charge in [0.1, 0.15) is 6.33 Å². The SMILES string of the molecule is CCc1nc2c(N3CC[C@]4(CCCN(C(C)C)C4=O)C3)ncnc2o1. The smallest absolute Gasteiger partial charge is 0.252 e. The highest BCUT2D eigenvalue weighted by Crippen LogP contribution is 2.42.